The van der Waals surface area contributed by atoms with Crippen molar-refractivity contribution in [3.63, 3.8) is 0 Å². The second-order valence-corrected chi connectivity index (χ2v) is 9.49. The van der Waals surface area contributed by atoms with Crippen molar-refractivity contribution in [3.05, 3.63) is 74.5 Å². The van der Waals surface area contributed by atoms with E-state index in [1.54, 1.807) is 28.4 Å². The van der Waals surface area contributed by atoms with Gasteiger partial charge < -0.3 is 10.2 Å². The molecule has 0 amide bonds. The lowest BCUT2D eigenvalue weighted by molar-refractivity contribution is 0.280. The van der Waals surface area contributed by atoms with E-state index in [1.165, 1.54) is 0 Å². The number of nitrogens with one attached hydrogen (secondary N) is 1. The first-order valence-corrected chi connectivity index (χ1v) is 12.0. The second-order valence-electron chi connectivity index (χ2n) is 8.72. The summed E-state index contributed by atoms with van der Waals surface area (Å²) < 4.78 is 5.62. The summed E-state index contributed by atoms with van der Waals surface area (Å²) in [5.41, 5.74) is 2.29. The van der Waals surface area contributed by atoms with E-state index in [0.717, 1.165) is 41.8 Å². The van der Waals surface area contributed by atoms with Gasteiger partial charge in [-0.2, -0.15) is 5.10 Å². The summed E-state index contributed by atoms with van der Waals surface area (Å²) in [4.78, 5) is 19.8. The molecule has 0 spiro atoms. The summed E-state index contributed by atoms with van der Waals surface area (Å²) in [5, 5.41) is 9.60. The van der Waals surface area contributed by atoms with Gasteiger partial charge >= 0.3 is 5.69 Å². The minimum atomic E-state index is -0.151. The normalized spacial score (nSPS) is 16.4. The van der Waals surface area contributed by atoms with E-state index >= 15 is 0 Å². The van der Waals surface area contributed by atoms with E-state index in [1.807, 2.05) is 41.1 Å². The fraction of sp³-hybridized carbons (Fsp3) is 0.333. The van der Waals surface area contributed by atoms with E-state index in [9.17, 15) is 4.79 Å². The van der Waals surface area contributed by atoms with Crippen molar-refractivity contribution < 1.29 is 0 Å². The van der Waals surface area contributed by atoms with Gasteiger partial charge in [0, 0.05) is 31.5 Å². The zero-order valence-corrected chi connectivity index (χ0v) is 20.7. The molecule has 4 heterocycles. The fourth-order valence-corrected chi connectivity index (χ4v) is 4.90. The van der Waals surface area contributed by atoms with Gasteiger partial charge in [0.2, 0.25) is 0 Å². The Balaban J connectivity index is 1.70. The molecular weight excluding hydrogens is 470 g/mol. The van der Waals surface area contributed by atoms with Crippen molar-refractivity contribution in [2.24, 2.45) is 7.05 Å². The number of anilines is 2. The number of likely N-dealkylation sites (tertiary alicyclic amines) is 1. The maximum Gasteiger partial charge on any atom is 0.330 e. The molecule has 1 aliphatic heterocycles. The van der Waals surface area contributed by atoms with Crippen LogP contribution in [0.5, 0.6) is 0 Å². The van der Waals surface area contributed by atoms with Gasteiger partial charge in [-0.05, 0) is 50.2 Å². The predicted octanol–water partition coefficient (Wildman–Crippen LogP) is 4.20. The summed E-state index contributed by atoms with van der Waals surface area (Å²) in [5.74, 6) is 0.741. The van der Waals surface area contributed by atoms with Crippen LogP contribution in [0.3, 0.4) is 0 Å². The summed E-state index contributed by atoms with van der Waals surface area (Å²) in [6.07, 6.45) is 3.91. The third-order valence-corrected chi connectivity index (χ3v) is 7.15. The first kappa shape index (κ1) is 22.8. The third-order valence-electron chi connectivity index (χ3n) is 6.45. The number of aromatic nitrogens is 5. The standard InChI is InChI=1S/C24H26ClN7OS/c1-29-12-6-9-18(29)15-31-22-20(23(34)30(2)24(31)33)21(27-17-7-4-3-5-8-17)32(28-22)14-16-10-11-19(25)26-13-16/h3-5,7-8,10-11,13,18,27H,6,9,12,14-15H2,1-2H3. The Labute approximate surface area is 207 Å². The van der Waals surface area contributed by atoms with Gasteiger partial charge in [-0.1, -0.05) is 48.1 Å². The first-order chi connectivity index (χ1) is 16.4. The Bertz CT molecular complexity index is 1440. The van der Waals surface area contributed by atoms with E-state index in [4.69, 9.17) is 28.9 Å². The highest BCUT2D eigenvalue weighted by atomic mass is 35.5. The van der Waals surface area contributed by atoms with Crippen LogP contribution in [0.1, 0.15) is 18.4 Å². The Hall–Kier alpha value is -3.01. The predicted molar refractivity (Wildman–Crippen MR) is 138 cm³/mol. The van der Waals surface area contributed by atoms with Crippen LogP contribution in [0.4, 0.5) is 11.5 Å². The third kappa shape index (κ3) is 4.26. The first-order valence-electron chi connectivity index (χ1n) is 11.3. The van der Waals surface area contributed by atoms with Crippen molar-refractivity contribution >= 4 is 46.4 Å². The van der Waals surface area contributed by atoms with Gasteiger partial charge in [-0.25, -0.2) is 14.5 Å². The zero-order valence-electron chi connectivity index (χ0n) is 19.1. The maximum atomic E-state index is 13.3. The Kier molecular flexibility index (Phi) is 6.24. The highest BCUT2D eigenvalue weighted by molar-refractivity contribution is 7.71. The Morgan fingerprint density at radius 1 is 1.18 bits per heavy atom. The van der Waals surface area contributed by atoms with Crippen molar-refractivity contribution in [2.45, 2.75) is 32.0 Å². The van der Waals surface area contributed by atoms with Gasteiger partial charge in [0.25, 0.3) is 0 Å². The van der Waals surface area contributed by atoms with Gasteiger partial charge in [0.1, 0.15) is 15.6 Å². The van der Waals surface area contributed by atoms with Crippen LogP contribution >= 0.6 is 23.8 Å². The van der Waals surface area contributed by atoms with Crippen LogP contribution in [0, 0.1) is 4.64 Å². The van der Waals surface area contributed by atoms with Crippen LogP contribution in [-0.4, -0.2) is 48.4 Å². The highest BCUT2D eigenvalue weighted by Gasteiger charge is 2.25. The van der Waals surface area contributed by atoms with E-state index < -0.39 is 0 Å². The molecule has 1 aromatic carbocycles. The molecule has 34 heavy (non-hydrogen) atoms. The lowest BCUT2D eigenvalue weighted by Gasteiger charge is -2.21. The monoisotopic (exact) mass is 495 g/mol. The van der Waals surface area contributed by atoms with Crippen molar-refractivity contribution in [1.29, 1.82) is 0 Å². The number of fused-ring (bicyclic) bond motifs is 1. The number of halogens is 1. The molecule has 1 aliphatic rings. The van der Waals surface area contributed by atoms with Gasteiger partial charge in [-0.3, -0.25) is 9.13 Å². The summed E-state index contributed by atoms with van der Waals surface area (Å²) >= 11 is 11.7. The largest absolute Gasteiger partial charge is 0.340 e. The van der Waals surface area contributed by atoms with Gasteiger partial charge in [0.15, 0.2) is 5.65 Å². The van der Waals surface area contributed by atoms with Crippen molar-refractivity contribution in [3.8, 4) is 0 Å². The molecule has 176 valence electrons. The molecule has 8 nitrogen and oxygen atoms in total. The molecule has 4 aromatic rings. The summed E-state index contributed by atoms with van der Waals surface area (Å²) in [6, 6.07) is 13.8. The molecule has 1 unspecified atom stereocenters. The SMILES string of the molecule is CN1CCCC1Cn1c(=O)n(C)c(=S)c2c(Nc3ccccc3)n(Cc3ccc(Cl)nc3)nc21. The van der Waals surface area contributed by atoms with Crippen LogP contribution in [0.2, 0.25) is 5.15 Å². The molecule has 5 rings (SSSR count). The molecule has 0 saturated carbocycles. The quantitative estimate of drug-likeness (QED) is 0.319. The average molecular weight is 496 g/mol. The van der Waals surface area contributed by atoms with Crippen LogP contribution in [0.25, 0.3) is 11.0 Å². The average Bonchev–Trinajstić information content (AvgIpc) is 3.40. The number of para-hydroxylation sites is 1. The molecule has 1 saturated heterocycles. The van der Waals surface area contributed by atoms with E-state index in [0.29, 0.717) is 28.5 Å². The number of likely N-dealkylation sites (N-methyl/N-ethyl adjacent to an activating group) is 1. The fourth-order valence-electron chi connectivity index (χ4n) is 4.52. The zero-order chi connectivity index (χ0) is 23.8. The molecule has 0 aliphatic carbocycles. The van der Waals surface area contributed by atoms with Crippen LogP contribution in [-0.2, 0) is 20.1 Å². The van der Waals surface area contributed by atoms with E-state index in [-0.39, 0.29) is 11.7 Å². The van der Waals surface area contributed by atoms with Crippen LogP contribution in [0.15, 0.2) is 53.5 Å². The molecule has 10 heteroatoms. The second kappa shape index (κ2) is 9.32. The Morgan fingerprint density at radius 3 is 2.65 bits per heavy atom. The maximum absolute atomic E-state index is 13.3. The van der Waals surface area contributed by atoms with Crippen LogP contribution < -0.4 is 11.0 Å². The number of nitrogens with zero attached hydrogens (tertiary/aromatic N) is 6. The molecule has 1 fully saturated rings. The smallest absolute Gasteiger partial charge is 0.330 e. The lowest BCUT2D eigenvalue weighted by Crippen LogP contribution is -2.37. The van der Waals surface area contributed by atoms with E-state index in [2.05, 4.69) is 22.2 Å². The topological polar surface area (TPSA) is 72.9 Å². The molecule has 3 aromatic heterocycles. The highest BCUT2D eigenvalue weighted by Crippen LogP contribution is 2.29. The minimum absolute atomic E-state index is 0.151. The molecule has 1 atom stereocenters. The van der Waals surface area contributed by atoms with Crippen molar-refractivity contribution in [2.75, 3.05) is 18.9 Å². The Morgan fingerprint density at radius 2 is 1.97 bits per heavy atom. The van der Waals surface area contributed by atoms with Gasteiger partial charge in [-0.15, -0.1) is 0 Å². The number of pyridine rings is 1. The molecule has 0 bridgehead atoms. The number of benzene rings is 1. The molecular formula is C24H26ClN7OS. The number of rotatable bonds is 6. The summed E-state index contributed by atoms with van der Waals surface area (Å²) in [7, 11) is 3.83. The number of hydrogen-bond acceptors (Lipinski definition) is 6. The molecule has 0 radical (unpaired) electrons. The van der Waals surface area contributed by atoms with Crippen molar-refractivity contribution in [1.82, 2.24) is 28.8 Å². The minimum Gasteiger partial charge on any atom is -0.340 e. The lowest BCUT2D eigenvalue weighted by atomic mass is 10.2. The van der Waals surface area contributed by atoms with Gasteiger partial charge in [0.05, 0.1) is 11.9 Å². The molecule has 1 N–H and O–H groups in total. The summed E-state index contributed by atoms with van der Waals surface area (Å²) in [6.45, 7) is 2.05. The number of hydrogen-bond donors (Lipinski definition) is 1.